The van der Waals surface area contributed by atoms with Gasteiger partial charge in [0.05, 0.1) is 23.1 Å². The predicted molar refractivity (Wildman–Crippen MR) is 205 cm³/mol. The van der Waals surface area contributed by atoms with Crippen molar-refractivity contribution in [1.82, 2.24) is 0 Å². The second kappa shape index (κ2) is 13.1. The molecule has 0 saturated heterocycles. The van der Waals surface area contributed by atoms with E-state index in [0.717, 1.165) is 62.7 Å². The van der Waals surface area contributed by atoms with Crippen LogP contribution in [0.4, 0.5) is 22.7 Å². The Labute approximate surface area is 288 Å². The summed E-state index contributed by atoms with van der Waals surface area (Å²) in [4.78, 5) is 12.5. The van der Waals surface area contributed by atoms with Crippen LogP contribution in [0.1, 0.15) is 59.5 Å². The molecule has 0 spiro atoms. The predicted octanol–water partition coefficient (Wildman–Crippen LogP) is 9.01. The maximum absolute atomic E-state index is 6.88. The third kappa shape index (κ3) is 5.96. The maximum atomic E-state index is 6.88. The molecule has 4 atom stereocenters. The number of hydrogen-bond acceptors (Lipinski definition) is 6. The number of allylic oxidation sites excluding steroid dienone is 2. The summed E-state index contributed by atoms with van der Waals surface area (Å²) in [5.41, 5.74) is 25.4. The number of anilines is 4. The minimum atomic E-state index is -0.194. The van der Waals surface area contributed by atoms with Gasteiger partial charge in [-0.3, -0.25) is 4.99 Å². The molecule has 0 amide bonds. The van der Waals surface area contributed by atoms with Crippen molar-refractivity contribution in [3.63, 3.8) is 0 Å². The highest BCUT2D eigenvalue weighted by Gasteiger charge is 2.29. The molecule has 0 radical (unpaired) electrons. The number of para-hydroxylation sites is 2. The van der Waals surface area contributed by atoms with Crippen LogP contribution in [0, 0.1) is 0 Å². The van der Waals surface area contributed by atoms with E-state index in [1.165, 1.54) is 11.4 Å². The van der Waals surface area contributed by atoms with Gasteiger partial charge in [-0.1, -0.05) is 122 Å². The summed E-state index contributed by atoms with van der Waals surface area (Å²) >= 11 is 0. The molecule has 49 heavy (non-hydrogen) atoms. The van der Waals surface area contributed by atoms with Gasteiger partial charge >= 0.3 is 0 Å². The van der Waals surface area contributed by atoms with Crippen LogP contribution in [-0.4, -0.2) is 23.8 Å². The molecule has 0 saturated carbocycles. The van der Waals surface area contributed by atoms with Gasteiger partial charge in [0.2, 0.25) is 0 Å². The fourth-order valence-corrected chi connectivity index (χ4v) is 7.29. The number of aliphatic imine (C=N–C) groups is 2. The Morgan fingerprint density at radius 3 is 2.29 bits per heavy atom. The van der Waals surface area contributed by atoms with Crippen LogP contribution in [0.5, 0.6) is 0 Å². The van der Waals surface area contributed by atoms with Gasteiger partial charge in [0.1, 0.15) is 6.17 Å². The van der Waals surface area contributed by atoms with E-state index in [2.05, 4.69) is 126 Å². The van der Waals surface area contributed by atoms with Gasteiger partial charge in [-0.2, -0.15) is 0 Å². The SMILES string of the molecule is CCC1Nc2ccccc2N1c1cccc(C2=CC(N)C(c3ccc(C4CC(c5ccccc5)=NC(c5ccccc5)=N4)c(N)c3)C=C2)c1. The zero-order valence-corrected chi connectivity index (χ0v) is 27.6. The number of nitrogen functional groups attached to an aromatic ring is 1. The Bertz CT molecular complexity index is 2110. The summed E-state index contributed by atoms with van der Waals surface area (Å²) in [6.45, 7) is 2.21. The van der Waals surface area contributed by atoms with Crippen molar-refractivity contribution in [1.29, 1.82) is 0 Å². The zero-order chi connectivity index (χ0) is 33.3. The highest BCUT2D eigenvalue weighted by Crippen LogP contribution is 2.42. The lowest BCUT2D eigenvalue weighted by atomic mass is 9.83. The Kier molecular flexibility index (Phi) is 8.16. The number of amidine groups is 1. The molecule has 3 aliphatic rings. The number of nitrogens with two attached hydrogens (primary N) is 2. The number of fused-ring (bicyclic) bond motifs is 1. The van der Waals surface area contributed by atoms with E-state index in [0.29, 0.717) is 6.42 Å². The van der Waals surface area contributed by atoms with E-state index >= 15 is 0 Å². The van der Waals surface area contributed by atoms with Crippen molar-refractivity contribution in [2.45, 2.75) is 43.9 Å². The molecule has 2 heterocycles. The van der Waals surface area contributed by atoms with Crippen molar-refractivity contribution in [3.05, 3.63) is 173 Å². The van der Waals surface area contributed by atoms with E-state index in [4.69, 9.17) is 21.5 Å². The maximum Gasteiger partial charge on any atom is 0.155 e. The molecule has 6 nitrogen and oxygen atoms in total. The summed E-state index contributed by atoms with van der Waals surface area (Å²) in [5, 5.41) is 3.67. The minimum Gasteiger partial charge on any atom is -0.398 e. The van der Waals surface area contributed by atoms with Crippen LogP contribution in [0.3, 0.4) is 0 Å². The van der Waals surface area contributed by atoms with Crippen molar-refractivity contribution in [2.24, 2.45) is 15.7 Å². The van der Waals surface area contributed by atoms with Gasteiger partial charge in [-0.05, 0) is 64.6 Å². The summed E-state index contributed by atoms with van der Waals surface area (Å²) in [7, 11) is 0. The van der Waals surface area contributed by atoms with E-state index in [-0.39, 0.29) is 24.2 Å². The van der Waals surface area contributed by atoms with Crippen molar-refractivity contribution in [3.8, 4) is 0 Å². The van der Waals surface area contributed by atoms with E-state index < -0.39 is 0 Å². The van der Waals surface area contributed by atoms with Gasteiger partial charge in [-0.15, -0.1) is 0 Å². The molecule has 5 N–H and O–H groups in total. The molecule has 0 aromatic heterocycles. The van der Waals surface area contributed by atoms with E-state index in [9.17, 15) is 0 Å². The first-order valence-corrected chi connectivity index (χ1v) is 17.1. The molecule has 8 rings (SSSR count). The molecular formula is C43H40N6. The van der Waals surface area contributed by atoms with Crippen molar-refractivity contribution >= 4 is 39.9 Å². The molecule has 0 fully saturated rings. The van der Waals surface area contributed by atoms with Crippen LogP contribution in [0.25, 0.3) is 5.57 Å². The first kappa shape index (κ1) is 30.6. The smallest absolute Gasteiger partial charge is 0.155 e. The average Bonchev–Trinajstić information content (AvgIpc) is 3.54. The van der Waals surface area contributed by atoms with E-state index in [1.54, 1.807) is 0 Å². The van der Waals surface area contributed by atoms with Crippen LogP contribution in [0.15, 0.2) is 156 Å². The van der Waals surface area contributed by atoms with Gasteiger partial charge in [0.25, 0.3) is 0 Å². The van der Waals surface area contributed by atoms with Crippen LogP contribution in [-0.2, 0) is 0 Å². The van der Waals surface area contributed by atoms with Crippen LogP contribution >= 0.6 is 0 Å². The Hall–Kier alpha value is -5.72. The number of nitrogens with one attached hydrogen (secondary N) is 1. The summed E-state index contributed by atoms with van der Waals surface area (Å²) in [5.74, 6) is 0.743. The Balaban J connectivity index is 1.04. The first-order chi connectivity index (χ1) is 24.1. The summed E-state index contributed by atoms with van der Waals surface area (Å²) in [6, 6.07) is 43.8. The lowest BCUT2D eigenvalue weighted by Crippen LogP contribution is -2.31. The number of rotatable bonds is 7. The normalized spacial score (nSPS) is 21.3. The lowest BCUT2D eigenvalue weighted by molar-refractivity contribution is 0.713. The number of hydrogen-bond donors (Lipinski definition) is 3. The third-order valence-electron chi connectivity index (χ3n) is 9.81. The largest absolute Gasteiger partial charge is 0.398 e. The number of nitrogens with zero attached hydrogens (tertiary/aromatic N) is 3. The monoisotopic (exact) mass is 640 g/mol. The average molecular weight is 641 g/mol. The van der Waals surface area contributed by atoms with Gasteiger partial charge < -0.3 is 21.7 Å². The van der Waals surface area contributed by atoms with E-state index in [1.807, 2.05) is 36.4 Å². The molecule has 242 valence electrons. The zero-order valence-electron chi connectivity index (χ0n) is 27.6. The van der Waals surface area contributed by atoms with Crippen LogP contribution in [0.2, 0.25) is 0 Å². The second-order valence-corrected chi connectivity index (χ2v) is 12.9. The third-order valence-corrected chi connectivity index (χ3v) is 9.81. The van der Waals surface area contributed by atoms with Crippen molar-refractivity contribution < 1.29 is 0 Å². The molecule has 6 heteroatoms. The highest BCUT2D eigenvalue weighted by atomic mass is 15.3. The molecule has 4 unspecified atom stereocenters. The Morgan fingerprint density at radius 1 is 0.796 bits per heavy atom. The second-order valence-electron chi connectivity index (χ2n) is 12.9. The number of benzene rings is 5. The molecule has 5 aromatic rings. The molecule has 0 bridgehead atoms. The fraction of sp³-hybridized carbons (Fsp3) is 0.163. The summed E-state index contributed by atoms with van der Waals surface area (Å²) < 4.78 is 0. The molecular weight excluding hydrogens is 601 g/mol. The quantitative estimate of drug-likeness (QED) is 0.155. The van der Waals surface area contributed by atoms with Crippen molar-refractivity contribution in [2.75, 3.05) is 16.0 Å². The van der Waals surface area contributed by atoms with Gasteiger partial charge in [-0.25, -0.2) is 4.99 Å². The van der Waals surface area contributed by atoms with Crippen LogP contribution < -0.4 is 21.7 Å². The fourth-order valence-electron chi connectivity index (χ4n) is 7.29. The standard InChI is InChI=1S/C43H40N6/c1-2-42-46-38-18-9-10-19-41(38)49(42)33-17-11-16-30(24-33)31-20-22-34(36(44)25-31)32-21-23-35(37(45)26-32)40-27-39(28-12-5-3-6-13-28)47-43(48-40)29-14-7-4-8-15-29/h3-26,34,36,40,42,46H,2,27,44-45H2,1H3. The minimum absolute atomic E-state index is 0.0126. The topological polar surface area (TPSA) is 92.0 Å². The highest BCUT2D eigenvalue weighted by molar-refractivity contribution is 6.14. The molecule has 5 aromatic carbocycles. The van der Waals surface area contributed by atoms with Gasteiger partial charge in [0, 0.05) is 35.3 Å². The van der Waals surface area contributed by atoms with Gasteiger partial charge in [0.15, 0.2) is 5.84 Å². The first-order valence-electron chi connectivity index (χ1n) is 17.1. The Morgan fingerprint density at radius 2 is 1.53 bits per heavy atom. The lowest BCUT2D eigenvalue weighted by Gasteiger charge is -2.28. The summed E-state index contributed by atoms with van der Waals surface area (Å²) in [6.07, 6.45) is 8.47. The molecule has 2 aliphatic heterocycles. The molecule has 1 aliphatic carbocycles.